The first-order valence-electron chi connectivity index (χ1n) is 7.92. The zero-order valence-electron chi connectivity index (χ0n) is 13.4. The molecule has 24 heavy (non-hydrogen) atoms. The summed E-state index contributed by atoms with van der Waals surface area (Å²) in [6, 6.07) is 10.5. The minimum atomic E-state index is 0.545. The van der Waals surface area contributed by atoms with Gasteiger partial charge in [0.15, 0.2) is 0 Å². The lowest BCUT2D eigenvalue weighted by atomic mass is 10.2. The third kappa shape index (κ3) is 6.02. The number of rotatable bonds is 9. The normalized spacial score (nSPS) is 10.6. The van der Waals surface area contributed by atoms with Gasteiger partial charge in [-0.1, -0.05) is 23.2 Å². The monoisotopic (exact) mass is 368 g/mol. The Morgan fingerprint density at radius 3 is 1.46 bits per heavy atom. The molecular weight excluding hydrogens is 347 g/mol. The molecule has 0 heterocycles. The number of anilines is 2. The predicted molar refractivity (Wildman–Crippen MR) is 101 cm³/mol. The SMILES string of the molecule is Nc1ccc(OCCCCCCOc2ccc(N)cc2Cl)c(Cl)c1. The van der Waals surface area contributed by atoms with Gasteiger partial charge in [-0.3, -0.25) is 0 Å². The van der Waals surface area contributed by atoms with Crippen LogP contribution in [0.25, 0.3) is 0 Å². The Labute approximate surface area is 152 Å². The van der Waals surface area contributed by atoms with Gasteiger partial charge in [-0.25, -0.2) is 0 Å². The van der Waals surface area contributed by atoms with Crippen molar-refractivity contribution in [2.75, 3.05) is 24.7 Å². The summed E-state index contributed by atoms with van der Waals surface area (Å²) >= 11 is 12.1. The minimum absolute atomic E-state index is 0.545. The van der Waals surface area contributed by atoms with Gasteiger partial charge < -0.3 is 20.9 Å². The van der Waals surface area contributed by atoms with Gasteiger partial charge in [0.05, 0.1) is 23.3 Å². The molecule has 4 nitrogen and oxygen atoms in total. The van der Waals surface area contributed by atoms with Gasteiger partial charge in [-0.2, -0.15) is 0 Å². The lowest BCUT2D eigenvalue weighted by molar-refractivity contribution is 0.288. The van der Waals surface area contributed by atoms with Crippen molar-refractivity contribution in [2.24, 2.45) is 0 Å². The van der Waals surface area contributed by atoms with Crippen LogP contribution in [-0.2, 0) is 0 Å². The largest absolute Gasteiger partial charge is 0.492 e. The van der Waals surface area contributed by atoms with Crippen LogP contribution in [-0.4, -0.2) is 13.2 Å². The van der Waals surface area contributed by atoms with E-state index in [0.29, 0.717) is 46.1 Å². The Hall–Kier alpha value is -1.78. The van der Waals surface area contributed by atoms with E-state index < -0.39 is 0 Å². The van der Waals surface area contributed by atoms with E-state index in [1.54, 1.807) is 36.4 Å². The zero-order chi connectivity index (χ0) is 17.4. The van der Waals surface area contributed by atoms with Crippen molar-refractivity contribution < 1.29 is 9.47 Å². The van der Waals surface area contributed by atoms with Gasteiger partial charge in [-0.05, 0) is 62.1 Å². The van der Waals surface area contributed by atoms with E-state index >= 15 is 0 Å². The summed E-state index contributed by atoms with van der Waals surface area (Å²) in [6.07, 6.45) is 4.05. The Kier molecular flexibility index (Phi) is 7.35. The molecule has 0 radical (unpaired) electrons. The molecule has 6 heteroatoms. The fraction of sp³-hybridized carbons (Fsp3) is 0.333. The van der Waals surface area contributed by atoms with E-state index in [4.69, 9.17) is 44.1 Å². The molecule has 2 aromatic rings. The number of nitrogens with two attached hydrogens (primary N) is 2. The highest BCUT2D eigenvalue weighted by molar-refractivity contribution is 6.32. The molecule has 0 aromatic heterocycles. The molecule has 0 aliphatic carbocycles. The molecule has 0 aliphatic rings. The topological polar surface area (TPSA) is 70.5 Å². The third-order valence-corrected chi connectivity index (χ3v) is 4.06. The Balaban J connectivity index is 1.55. The van der Waals surface area contributed by atoms with Crippen LogP contribution in [0.2, 0.25) is 10.0 Å². The van der Waals surface area contributed by atoms with Crippen LogP contribution < -0.4 is 20.9 Å². The number of ether oxygens (including phenoxy) is 2. The van der Waals surface area contributed by atoms with E-state index in [0.717, 1.165) is 25.7 Å². The maximum absolute atomic E-state index is 6.05. The summed E-state index contributed by atoms with van der Waals surface area (Å²) in [5, 5.41) is 1.09. The average Bonchev–Trinajstić information content (AvgIpc) is 2.53. The van der Waals surface area contributed by atoms with E-state index in [9.17, 15) is 0 Å². The van der Waals surface area contributed by atoms with E-state index in [1.807, 2.05) is 0 Å². The summed E-state index contributed by atoms with van der Waals surface area (Å²) in [7, 11) is 0. The highest BCUT2D eigenvalue weighted by atomic mass is 35.5. The number of nitrogen functional groups attached to an aromatic ring is 2. The number of benzene rings is 2. The molecule has 0 spiro atoms. The van der Waals surface area contributed by atoms with Crippen molar-refractivity contribution in [3.05, 3.63) is 46.4 Å². The molecule has 2 rings (SSSR count). The van der Waals surface area contributed by atoms with Crippen LogP contribution in [0.4, 0.5) is 11.4 Å². The fourth-order valence-corrected chi connectivity index (χ4v) is 2.68. The van der Waals surface area contributed by atoms with Gasteiger partial charge in [0, 0.05) is 11.4 Å². The van der Waals surface area contributed by atoms with Crippen LogP contribution in [0.3, 0.4) is 0 Å². The van der Waals surface area contributed by atoms with Crippen molar-refractivity contribution in [1.82, 2.24) is 0 Å². The van der Waals surface area contributed by atoms with Crippen LogP contribution in [0.5, 0.6) is 11.5 Å². The molecule has 0 saturated carbocycles. The van der Waals surface area contributed by atoms with Gasteiger partial charge in [-0.15, -0.1) is 0 Å². The smallest absolute Gasteiger partial charge is 0.138 e. The lowest BCUT2D eigenvalue weighted by Gasteiger charge is -2.09. The first-order valence-corrected chi connectivity index (χ1v) is 8.67. The number of hydrogen-bond acceptors (Lipinski definition) is 4. The standard InChI is InChI=1S/C18H22Cl2N2O2/c19-15-11-13(21)5-7-17(15)23-9-3-1-2-4-10-24-18-8-6-14(22)12-16(18)20/h5-8,11-12H,1-4,9-10,21-22H2. The van der Waals surface area contributed by atoms with E-state index in [1.165, 1.54) is 0 Å². The summed E-state index contributed by atoms with van der Waals surface area (Å²) in [6.45, 7) is 1.27. The molecule has 0 atom stereocenters. The van der Waals surface area contributed by atoms with Crippen molar-refractivity contribution in [3.8, 4) is 11.5 Å². The molecule has 0 amide bonds. The second kappa shape index (κ2) is 9.50. The van der Waals surface area contributed by atoms with Crippen molar-refractivity contribution >= 4 is 34.6 Å². The average molecular weight is 369 g/mol. The van der Waals surface area contributed by atoms with E-state index in [2.05, 4.69) is 0 Å². The maximum Gasteiger partial charge on any atom is 0.138 e. The number of halogens is 2. The molecule has 2 aromatic carbocycles. The third-order valence-electron chi connectivity index (χ3n) is 3.47. The molecule has 4 N–H and O–H groups in total. The van der Waals surface area contributed by atoms with Crippen molar-refractivity contribution in [3.63, 3.8) is 0 Å². The first-order chi connectivity index (χ1) is 11.6. The lowest BCUT2D eigenvalue weighted by Crippen LogP contribution is -2.01. The summed E-state index contributed by atoms with van der Waals surface area (Å²) in [4.78, 5) is 0. The molecule has 0 aliphatic heterocycles. The first kappa shape index (κ1) is 18.6. The maximum atomic E-state index is 6.05. The van der Waals surface area contributed by atoms with Crippen LogP contribution in [0.15, 0.2) is 36.4 Å². The van der Waals surface area contributed by atoms with E-state index in [-0.39, 0.29) is 0 Å². The van der Waals surface area contributed by atoms with Gasteiger partial charge in [0.2, 0.25) is 0 Å². The molecule has 130 valence electrons. The zero-order valence-corrected chi connectivity index (χ0v) is 14.9. The molecule has 0 bridgehead atoms. The summed E-state index contributed by atoms with van der Waals surface area (Å²) in [5.41, 5.74) is 12.6. The second-order valence-electron chi connectivity index (χ2n) is 5.49. The van der Waals surface area contributed by atoms with Gasteiger partial charge in [0.1, 0.15) is 11.5 Å². The minimum Gasteiger partial charge on any atom is -0.492 e. The highest BCUT2D eigenvalue weighted by Gasteiger charge is 2.03. The summed E-state index contributed by atoms with van der Waals surface area (Å²) < 4.78 is 11.3. The highest BCUT2D eigenvalue weighted by Crippen LogP contribution is 2.27. The molecular formula is C18H22Cl2N2O2. The van der Waals surface area contributed by atoms with Crippen molar-refractivity contribution in [2.45, 2.75) is 25.7 Å². The number of unbranched alkanes of at least 4 members (excludes halogenated alkanes) is 3. The van der Waals surface area contributed by atoms with Crippen LogP contribution >= 0.6 is 23.2 Å². The van der Waals surface area contributed by atoms with Crippen LogP contribution in [0.1, 0.15) is 25.7 Å². The van der Waals surface area contributed by atoms with Crippen molar-refractivity contribution in [1.29, 1.82) is 0 Å². The van der Waals surface area contributed by atoms with Gasteiger partial charge >= 0.3 is 0 Å². The fourth-order valence-electron chi connectivity index (χ4n) is 2.19. The van der Waals surface area contributed by atoms with Gasteiger partial charge in [0.25, 0.3) is 0 Å². The summed E-state index contributed by atoms with van der Waals surface area (Å²) in [5.74, 6) is 1.35. The second-order valence-corrected chi connectivity index (χ2v) is 6.31. The Morgan fingerprint density at radius 1 is 0.667 bits per heavy atom. The van der Waals surface area contributed by atoms with Crippen LogP contribution in [0, 0.1) is 0 Å². The molecule has 0 fully saturated rings. The number of hydrogen-bond donors (Lipinski definition) is 2. The quantitative estimate of drug-likeness (QED) is 0.472. The Bertz CT molecular complexity index is 608. The predicted octanol–water partition coefficient (Wildman–Crippen LogP) is 5.18. The molecule has 0 unspecified atom stereocenters. The molecule has 0 saturated heterocycles. The Morgan fingerprint density at radius 2 is 1.08 bits per heavy atom.